The van der Waals surface area contributed by atoms with Crippen LogP contribution in [0.4, 0.5) is 0 Å². The minimum absolute atomic E-state index is 0.190. The summed E-state index contributed by atoms with van der Waals surface area (Å²) in [6.45, 7) is 5.78. The van der Waals surface area contributed by atoms with Gasteiger partial charge in [0.25, 0.3) is 11.5 Å². The zero-order valence-electron chi connectivity index (χ0n) is 17.3. The fraction of sp³-hybridized carbons (Fsp3) is 0.318. The summed E-state index contributed by atoms with van der Waals surface area (Å²) in [5.41, 5.74) is 4.70. The maximum atomic E-state index is 13.5. The van der Waals surface area contributed by atoms with E-state index in [0.717, 1.165) is 21.3 Å². The second-order valence-corrected chi connectivity index (χ2v) is 8.94. The number of H-pyrrole nitrogens is 1. The van der Waals surface area contributed by atoms with Gasteiger partial charge in [-0.25, -0.2) is 0 Å². The Kier molecular flexibility index (Phi) is 5.81. The lowest BCUT2D eigenvalue weighted by Gasteiger charge is -2.31. The van der Waals surface area contributed by atoms with Crippen molar-refractivity contribution < 1.29 is 14.4 Å². The molecule has 9 heteroatoms. The van der Waals surface area contributed by atoms with Crippen molar-refractivity contribution in [3.05, 3.63) is 71.4 Å². The molecular formula is C22H21BrClN3O4. The Hall–Kier alpha value is -2.42. The van der Waals surface area contributed by atoms with Crippen LogP contribution in [-0.2, 0) is 19.6 Å². The van der Waals surface area contributed by atoms with Gasteiger partial charge in [-0.3, -0.25) is 9.59 Å². The van der Waals surface area contributed by atoms with Gasteiger partial charge in [-0.05, 0) is 50.5 Å². The van der Waals surface area contributed by atoms with Crippen LogP contribution in [-0.4, -0.2) is 32.6 Å². The number of nitrogens with one attached hydrogen (secondary N) is 1. The second-order valence-electron chi connectivity index (χ2n) is 7.71. The van der Waals surface area contributed by atoms with Gasteiger partial charge in [0.1, 0.15) is 11.5 Å². The second kappa shape index (κ2) is 8.26. The van der Waals surface area contributed by atoms with E-state index in [9.17, 15) is 14.7 Å². The highest BCUT2D eigenvalue weighted by molar-refractivity contribution is 9.10. The van der Waals surface area contributed by atoms with Crippen molar-refractivity contribution >= 4 is 33.4 Å². The molecule has 0 bridgehead atoms. The fourth-order valence-corrected chi connectivity index (χ4v) is 5.08. The van der Waals surface area contributed by atoms with Gasteiger partial charge in [0.15, 0.2) is 0 Å². The zero-order chi connectivity index (χ0) is 22.4. The van der Waals surface area contributed by atoms with Crippen molar-refractivity contribution in [2.45, 2.75) is 40.3 Å². The third-order valence-electron chi connectivity index (χ3n) is 5.65. The van der Waals surface area contributed by atoms with Crippen molar-refractivity contribution in [3.8, 4) is 11.1 Å². The fourth-order valence-electron chi connectivity index (χ4n) is 4.11. The van der Waals surface area contributed by atoms with Gasteiger partial charge in [-0.2, -0.15) is 0 Å². The Morgan fingerprint density at radius 2 is 2.00 bits per heavy atom. The molecule has 1 aliphatic heterocycles. The molecule has 0 saturated heterocycles. The molecule has 4 rings (SSSR count). The average Bonchev–Trinajstić information content (AvgIpc) is 3.08. The first-order chi connectivity index (χ1) is 14.7. The van der Waals surface area contributed by atoms with E-state index in [4.69, 9.17) is 16.1 Å². The van der Waals surface area contributed by atoms with E-state index in [1.165, 1.54) is 0 Å². The van der Waals surface area contributed by atoms with E-state index in [2.05, 4.69) is 26.1 Å². The van der Waals surface area contributed by atoms with Crippen LogP contribution < -0.4 is 5.56 Å². The van der Waals surface area contributed by atoms with Crippen LogP contribution >= 0.6 is 27.5 Å². The number of aliphatic hydroxyl groups excluding tert-OH is 1. The van der Waals surface area contributed by atoms with Crippen LogP contribution in [0.1, 0.15) is 44.2 Å². The number of benzene rings is 1. The van der Waals surface area contributed by atoms with Gasteiger partial charge in [-0.1, -0.05) is 32.7 Å². The highest BCUT2D eigenvalue weighted by atomic mass is 79.9. The number of hydrogen-bond acceptors (Lipinski definition) is 5. The largest absolute Gasteiger partial charge is 0.390 e. The number of fused-ring (bicyclic) bond motifs is 1. The summed E-state index contributed by atoms with van der Waals surface area (Å²) in [4.78, 5) is 30.4. The van der Waals surface area contributed by atoms with Crippen LogP contribution in [0, 0.1) is 20.8 Å². The van der Waals surface area contributed by atoms with E-state index >= 15 is 0 Å². The summed E-state index contributed by atoms with van der Waals surface area (Å²) in [6.07, 6.45) is 0.597. The maximum Gasteiger partial charge on any atom is 0.256 e. The van der Waals surface area contributed by atoms with E-state index in [1.807, 2.05) is 26.0 Å². The minimum atomic E-state index is -0.312. The molecule has 0 atom stereocenters. The van der Waals surface area contributed by atoms with Gasteiger partial charge >= 0.3 is 0 Å². The van der Waals surface area contributed by atoms with Crippen molar-refractivity contribution in [3.63, 3.8) is 0 Å². The number of carbonyl (C=O) groups is 1. The molecule has 2 aromatic heterocycles. The Bertz CT molecular complexity index is 1260. The van der Waals surface area contributed by atoms with Crippen LogP contribution in [0.25, 0.3) is 11.1 Å². The highest BCUT2D eigenvalue weighted by Crippen LogP contribution is 2.42. The SMILES string of the molecule is Cc1cc(C)c(CN2CCc3c(Br)cc(-c4c(CO)noc4C)c(Cl)c3C2=O)c(=O)[nH]1. The standard InChI is InChI=1S/C22H21BrClN3O4/c1-10-6-11(2)25-21(29)15(10)8-27-5-4-13-16(23)7-14(20(24)19(13)22(27)30)18-12(3)31-26-17(18)9-28/h6-7,28H,4-5,8-9H2,1-3H3,(H,25,29). The lowest BCUT2D eigenvalue weighted by Crippen LogP contribution is -2.39. The molecule has 31 heavy (non-hydrogen) atoms. The number of rotatable bonds is 4. The predicted molar refractivity (Wildman–Crippen MR) is 120 cm³/mol. The molecule has 3 aromatic rings. The van der Waals surface area contributed by atoms with Crippen molar-refractivity contribution in [2.75, 3.05) is 6.54 Å². The maximum absolute atomic E-state index is 13.5. The van der Waals surface area contributed by atoms with Crippen LogP contribution in [0.15, 0.2) is 25.9 Å². The Balaban J connectivity index is 1.79. The molecule has 3 heterocycles. The smallest absolute Gasteiger partial charge is 0.256 e. The van der Waals surface area contributed by atoms with E-state index in [0.29, 0.717) is 46.7 Å². The molecule has 0 unspecified atom stereocenters. The third-order valence-corrected chi connectivity index (χ3v) is 6.75. The first kappa shape index (κ1) is 21.8. The summed E-state index contributed by atoms with van der Waals surface area (Å²) in [5, 5.41) is 13.8. The topological polar surface area (TPSA) is 99.4 Å². The number of aryl methyl sites for hydroxylation is 3. The van der Waals surface area contributed by atoms with Gasteiger partial charge in [0, 0.05) is 27.8 Å². The zero-order valence-corrected chi connectivity index (χ0v) is 19.6. The van der Waals surface area contributed by atoms with Crippen molar-refractivity contribution in [2.24, 2.45) is 0 Å². The van der Waals surface area contributed by atoms with Crippen molar-refractivity contribution in [1.29, 1.82) is 0 Å². The number of halogens is 2. The third kappa shape index (κ3) is 3.73. The molecule has 0 spiro atoms. The molecule has 7 nitrogen and oxygen atoms in total. The summed E-state index contributed by atoms with van der Waals surface area (Å²) < 4.78 is 5.98. The van der Waals surface area contributed by atoms with Gasteiger partial charge in [0.05, 0.1) is 29.3 Å². The van der Waals surface area contributed by atoms with Crippen molar-refractivity contribution in [1.82, 2.24) is 15.0 Å². The molecule has 0 aliphatic carbocycles. The monoisotopic (exact) mass is 505 g/mol. The number of pyridine rings is 1. The number of aliphatic hydroxyl groups is 1. The van der Waals surface area contributed by atoms with E-state index in [-0.39, 0.29) is 29.6 Å². The molecule has 0 fully saturated rings. The summed E-state index contributed by atoms with van der Waals surface area (Å²) in [5.74, 6) is 0.257. The van der Waals surface area contributed by atoms with Gasteiger partial charge in [0.2, 0.25) is 0 Å². The predicted octanol–water partition coefficient (Wildman–Crippen LogP) is 4.06. The summed E-state index contributed by atoms with van der Waals surface area (Å²) in [6, 6.07) is 3.73. The number of amides is 1. The Morgan fingerprint density at radius 1 is 1.26 bits per heavy atom. The van der Waals surface area contributed by atoms with Gasteiger partial charge in [-0.15, -0.1) is 0 Å². The van der Waals surface area contributed by atoms with Crippen LogP contribution in [0.2, 0.25) is 5.02 Å². The molecule has 0 radical (unpaired) electrons. The Morgan fingerprint density at radius 3 is 2.68 bits per heavy atom. The number of hydrogen-bond donors (Lipinski definition) is 2. The lowest BCUT2D eigenvalue weighted by molar-refractivity contribution is 0.0726. The Labute approximate surface area is 192 Å². The molecular weight excluding hydrogens is 486 g/mol. The molecule has 1 amide bonds. The van der Waals surface area contributed by atoms with Crippen LogP contribution in [0.5, 0.6) is 0 Å². The normalized spacial score (nSPS) is 13.6. The van der Waals surface area contributed by atoms with Crippen LogP contribution in [0.3, 0.4) is 0 Å². The van der Waals surface area contributed by atoms with E-state index in [1.54, 1.807) is 11.8 Å². The number of carbonyl (C=O) groups excluding carboxylic acids is 1. The average molecular weight is 507 g/mol. The molecule has 162 valence electrons. The quantitative estimate of drug-likeness (QED) is 0.556. The summed E-state index contributed by atoms with van der Waals surface area (Å²) in [7, 11) is 0. The molecule has 1 aliphatic rings. The van der Waals surface area contributed by atoms with Gasteiger partial charge < -0.3 is 19.5 Å². The molecule has 2 N–H and O–H groups in total. The van der Waals surface area contributed by atoms with E-state index < -0.39 is 0 Å². The highest BCUT2D eigenvalue weighted by Gasteiger charge is 2.32. The number of aromatic nitrogens is 2. The summed E-state index contributed by atoms with van der Waals surface area (Å²) >= 11 is 10.3. The minimum Gasteiger partial charge on any atom is -0.390 e. The lowest BCUT2D eigenvalue weighted by atomic mass is 9.92. The first-order valence-corrected chi connectivity index (χ1v) is 11.0. The number of nitrogens with zero attached hydrogens (tertiary/aromatic N) is 2. The molecule has 1 aromatic carbocycles. The first-order valence-electron chi connectivity index (χ1n) is 9.78. The number of aromatic amines is 1. The molecule has 0 saturated carbocycles.